The molecule has 0 saturated carbocycles. The first-order chi connectivity index (χ1) is 15.9. The number of methoxy groups -OCH3 is 1. The fourth-order valence-corrected chi connectivity index (χ4v) is 4.47. The number of aromatic nitrogens is 3. The van der Waals surface area contributed by atoms with Gasteiger partial charge in [0.1, 0.15) is 0 Å². The summed E-state index contributed by atoms with van der Waals surface area (Å²) in [5.41, 5.74) is 7.07. The van der Waals surface area contributed by atoms with Crippen molar-refractivity contribution in [1.29, 1.82) is 0 Å². The summed E-state index contributed by atoms with van der Waals surface area (Å²) in [5.74, 6) is 0.334. The van der Waals surface area contributed by atoms with Crippen molar-refractivity contribution < 1.29 is 4.74 Å². The quantitative estimate of drug-likeness (QED) is 0.285. The molecule has 0 amide bonds. The molecule has 0 bridgehead atoms. The Balaban J connectivity index is 0.000000442. The van der Waals surface area contributed by atoms with Gasteiger partial charge in [-0.1, -0.05) is 43.1 Å². The van der Waals surface area contributed by atoms with E-state index in [1.165, 1.54) is 22.4 Å². The number of halogens is 2. The van der Waals surface area contributed by atoms with Crippen molar-refractivity contribution in [3.63, 3.8) is 0 Å². The first kappa shape index (κ1) is 25.0. The zero-order valence-corrected chi connectivity index (χ0v) is 20.9. The zero-order chi connectivity index (χ0) is 23.8. The number of rotatable bonds is 6. The van der Waals surface area contributed by atoms with E-state index >= 15 is 0 Å². The summed E-state index contributed by atoms with van der Waals surface area (Å²) in [4.78, 5) is 7.91. The van der Waals surface area contributed by atoms with E-state index in [1.807, 2.05) is 54.9 Å². The summed E-state index contributed by atoms with van der Waals surface area (Å²) < 4.78 is 7.86. The lowest BCUT2D eigenvalue weighted by molar-refractivity contribution is 0.183. The van der Waals surface area contributed by atoms with Crippen LogP contribution in [-0.4, -0.2) is 21.6 Å². The maximum absolute atomic E-state index is 6.33. The summed E-state index contributed by atoms with van der Waals surface area (Å²) in [6.07, 6.45) is 7.15. The van der Waals surface area contributed by atoms with Crippen molar-refractivity contribution in [1.82, 2.24) is 14.5 Å². The van der Waals surface area contributed by atoms with E-state index in [-0.39, 0.29) is 0 Å². The number of ether oxygens (including phenoxy) is 1. The van der Waals surface area contributed by atoms with Gasteiger partial charge < -0.3 is 9.30 Å². The van der Waals surface area contributed by atoms with Gasteiger partial charge in [-0.15, -0.1) is 0 Å². The number of hydrogen-bond acceptors (Lipinski definition) is 3. The van der Waals surface area contributed by atoms with Gasteiger partial charge >= 0.3 is 0 Å². The van der Waals surface area contributed by atoms with Crippen molar-refractivity contribution in [2.24, 2.45) is 0 Å². The topological polar surface area (TPSA) is 39.9 Å². The Kier molecular flexibility index (Phi) is 9.07. The van der Waals surface area contributed by atoms with Crippen LogP contribution in [0.25, 0.3) is 11.3 Å². The Bertz CT molecular complexity index is 1110. The molecule has 0 atom stereocenters. The minimum absolute atomic E-state index is 0.334. The van der Waals surface area contributed by atoms with Gasteiger partial charge in [-0.2, -0.15) is 0 Å². The van der Waals surface area contributed by atoms with E-state index < -0.39 is 0 Å². The third-order valence-corrected chi connectivity index (χ3v) is 5.79. The SMILES string of the molecule is COCc1c(C(C)C)c(-c2cc(Cl)cc(Cl)c2)n(Cc2ccncc2)c1C.c1ccncc1. The zero-order valence-electron chi connectivity index (χ0n) is 19.4. The molecule has 0 aliphatic heterocycles. The fourth-order valence-electron chi connectivity index (χ4n) is 3.95. The monoisotopic (exact) mass is 481 g/mol. The average molecular weight is 482 g/mol. The summed E-state index contributed by atoms with van der Waals surface area (Å²) in [5, 5.41) is 1.27. The molecule has 0 saturated heterocycles. The van der Waals surface area contributed by atoms with Crippen molar-refractivity contribution in [3.8, 4) is 11.3 Å². The molecule has 4 nitrogen and oxygen atoms in total. The van der Waals surface area contributed by atoms with Crippen LogP contribution in [0, 0.1) is 6.92 Å². The molecule has 33 heavy (non-hydrogen) atoms. The second kappa shape index (κ2) is 12.0. The van der Waals surface area contributed by atoms with Crippen LogP contribution in [0.15, 0.2) is 73.3 Å². The molecule has 0 spiro atoms. The third kappa shape index (κ3) is 6.44. The van der Waals surface area contributed by atoms with E-state index in [9.17, 15) is 0 Å². The maximum Gasteiger partial charge on any atom is 0.0733 e. The lowest BCUT2D eigenvalue weighted by atomic mass is 9.95. The van der Waals surface area contributed by atoms with Gasteiger partial charge in [0.2, 0.25) is 0 Å². The highest BCUT2D eigenvalue weighted by Crippen LogP contribution is 2.39. The van der Waals surface area contributed by atoms with Crippen LogP contribution in [0.5, 0.6) is 0 Å². The van der Waals surface area contributed by atoms with Crippen molar-refractivity contribution in [3.05, 3.63) is 106 Å². The maximum atomic E-state index is 6.33. The molecular formula is C27H29Cl2N3O. The minimum atomic E-state index is 0.334. The Hall–Kier alpha value is -2.66. The minimum Gasteiger partial charge on any atom is -0.380 e. The standard InChI is InChI=1S/C22H24Cl2N2O.C5H5N/c1-14(2)21-20(13-27-4)15(3)26(12-16-5-7-25-8-6-16)22(21)17-9-18(23)11-19(24)10-17;1-2-4-6-5-3-1/h5-11,14H,12-13H2,1-4H3;1-5H. The molecule has 0 unspecified atom stereocenters. The van der Waals surface area contributed by atoms with Gasteiger partial charge in [-0.25, -0.2) is 0 Å². The van der Waals surface area contributed by atoms with Crippen LogP contribution in [0.3, 0.4) is 0 Å². The molecular weight excluding hydrogens is 453 g/mol. The van der Waals surface area contributed by atoms with Crippen LogP contribution in [0.1, 0.15) is 42.1 Å². The predicted octanol–water partition coefficient (Wildman–Crippen LogP) is 7.57. The van der Waals surface area contributed by atoms with Gasteiger partial charge in [0.25, 0.3) is 0 Å². The van der Waals surface area contributed by atoms with E-state index in [0.29, 0.717) is 22.6 Å². The highest BCUT2D eigenvalue weighted by molar-refractivity contribution is 6.35. The molecule has 0 aliphatic rings. The Morgan fingerprint density at radius 2 is 1.52 bits per heavy atom. The second-order valence-corrected chi connectivity index (χ2v) is 8.91. The molecule has 4 rings (SSSR count). The molecule has 0 aliphatic carbocycles. The molecule has 6 heteroatoms. The normalized spacial score (nSPS) is 10.8. The van der Waals surface area contributed by atoms with E-state index in [1.54, 1.807) is 25.6 Å². The first-order valence-corrected chi connectivity index (χ1v) is 11.6. The van der Waals surface area contributed by atoms with Crippen LogP contribution >= 0.6 is 23.2 Å². The number of nitrogens with zero attached hydrogens (tertiary/aromatic N) is 3. The summed E-state index contributed by atoms with van der Waals surface area (Å²) in [6, 6.07) is 15.5. The summed E-state index contributed by atoms with van der Waals surface area (Å²) in [6.45, 7) is 7.89. The lowest BCUT2D eigenvalue weighted by Gasteiger charge is -2.16. The largest absolute Gasteiger partial charge is 0.380 e. The van der Waals surface area contributed by atoms with E-state index in [0.717, 1.165) is 17.8 Å². The van der Waals surface area contributed by atoms with E-state index in [2.05, 4.69) is 35.3 Å². The molecule has 0 radical (unpaired) electrons. The van der Waals surface area contributed by atoms with Gasteiger partial charge in [0, 0.05) is 65.3 Å². The summed E-state index contributed by atoms with van der Waals surface area (Å²) in [7, 11) is 1.74. The first-order valence-electron chi connectivity index (χ1n) is 10.8. The van der Waals surface area contributed by atoms with Crippen molar-refractivity contribution in [2.75, 3.05) is 7.11 Å². The van der Waals surface area contributed by atoms with Crippen LogP contribution in [0.4, 0.5) is 0 Å². The highest BCUT2D eigenvalue weighted by atomic mass is 35.5. The molecule has 172 valence electrons. The Morgan fingerprint density at radius 3 is 2.00 bits per heavy atom. The molecule has 0 fully saturated rings. The Morgan fingerprint density at radius 1 is 0.909 bits per heavy atom. The van der Waals surface area contributed by atoms with Crippen molar-refractivity contribution >= 4 is 23.2 Å². The molecule has 3 heterocycles. The van der Waals surface area contributed by atoms with Crippen molar-refractivity contribution in [2.45, 2.75) is 39.8 Å². The van der Waals surface area contributed by atoms with Gasteiger partial charge in [-0.3, -0.25) is 9.97 Å². The lowest BCUT2D eigenvalue weighted by Crippen LogP contribution is -2.05. The number of hydrogen-bond donors (Lipinski definition) is 0. The van der Waals surface area contributed by atoms with E-state index in [4.69, 9.17) is 27.9 Å². The Labute approximate surface area is 206 Å². The number of benzene rings is 1. The third-order valence-electron chi connectivity index (χ3n) is 5.35. The molecule has 1 aromatic carbocycles. The molecule has 0 N–H and O–H groups in total. The fraction of sp³-hybridized carbons (Fsp3) is 0.259. The molecule has 4 aromatic rings. The predicted molar refractivity (Wildman–Crippen MR) is 137 cm³/mol. The van der Waals surface area contributed by atoms with Gasteiger partial charge in [-0.05, 0) is 66.4 Å². The second-order valence-electron chi connectivity index (χ2n) is 8.04. The molecule has 3 aromatic heterocycles. The van der Waals surface area contributed by atoms with Crippen LogP contribution < -0.4 is 0 Å². The average Bonchev–Trinajstić information content (AvgIpc) is 3.07. The van der Waals surface area contributed by atoms with Crippen LogP contribution in [0.2, 0.25) is 10.0 Å². The highest BCUT2D eigenvalue weighted by Gasteiger charge is 2.24. The van der Waals surface area contributed by atoms with Gasteiger partial charge in [0.05, 0.1) is 12.3 Å². The smallest absolute Gasteiger partial charge is 0.0733 e. The van der Waals surface area contributed by atoms with Crippen LogP contribution in [-0.2, 0) is 17.9 Å². The van der Waals surface area contributed by atoms with Gasteiger partial charge in [0.15, 0.2) is 0 Å². The number of pyridine rings is 2. The summed E-state index contributed by atoms with van der Waals surface area (Å²) >= 11 is 12.7.